The van der Waals surface area contributed by atoms with Gasteiger partial charge in [-0.2, -0.15) is 10.4 Å². The van der Waals surface area contributed by atoms with Crippen molar-refractivity contribution in [3.63, 3.8) is 0 Å². The van der Waals surface area contributed by atoms with E-state index >= 15 is 0 Å². The van der Waals surface area contributed by atoms with Crippen molar-refractivity contribution in [3.8, 4) is 6.07 Å². The second-order valence-corrected chi connectivity index (χ2v) is 4.18. The van der Waals surface area contributed by atoms with Crippen molar-refractivity contribution in [2.24, 2.45) is 7.05 Å². The first-order valence-electron chi connectivity index (χ1n) is 5.63. The van der Waals surface area contributed by atoms with Gasteiger partial charge in [0.15, 0.2) is 0 Å². The van der Waals surface area contributed by atoms with E-state index < -0.39 is 0 Å². The van der Waals surface area contributed by atoms with E-state index in [9.17, 15) is 0 Å². The number of nitrogens with one attached hydrogen (secondary N) is 1. The Morgan fingerprint density at radius 2 is 2.28 bits per heavy atom. The summed E-state index contributed by atoms with van der Waals surface area (Å²) >= 11 is 0. The standard InChI is InChI=1S/C13H15N5/c1-9-11(8-18(2)17-9)7-16-12-3-4-13(15)10(5-12)6-14/h3-5,8,16H,7,15H2,1-2H3. The molecule has 0 aliphatic heterocycles. The molecule has 0 radical (unpaired) electrons. The molecule has 0 amide bonds. The Morgan fingerprint density at radius 1 is 1.50 bits per heavy atom. The molecule has 0 saturated heterocycles. The van der Waals surface area contributed by atoms with Crippen LogP contribution < -0.4 is 11.1 Å². The van der Waals surface area contributed by atoms with Crippen molar-refractivity contribution >= 4 is 11.4 Å². The molecule has 0 bridgehead atoms. The third-order valence-electron chi connectivity index (χ3n) is 2.77. The molecule has 0 aliphatic carbocycles. The highest BCUT2D eigenvalue weighted by Crippen LogP contribution is 2.18. The summed E-state index contributed by atoms with van der Waals surface area (Å²) in [5.74, 6) is 0. The molecule has 5 nitrogen and oxygen atoms in total. The number of rotatable bonds is 3. The highest BCUT2D eigenvalue weighted by atomic mass is 15.2. The van der Waals surface area contributed by atoms with Crippen LogP contribution in [0.5, 0.6) is 0 Å². The molecular formula is C13H15N5. The number of aromatic nitrogens is 2. The molecule has 0 spiro atoms. The number of hydrogen-bond donors (Lipinski definition) is 2. The van der Waals surface area contributed by atoms with Crippen LogP contribution in [0.2, 0.25) is 0 Å². The van der Waals surface area contributed by atoms with E-state index in [4.69, 9.17) is 11.0 Å². The van der Waals surface area contributed by atoms with Crippen LogP contribution in [0.15, 0.2) is 24.4 Å². The molecule has 1 aromatic carbocycles. The number of aryl methyl sites for hydroxylation is 2. The van der Waals surface area contributed by atoms with Crippen LogP contribution in [-0.2, 0) is 13.6 Å². The summed E-state index contributed by atoms with van der Waals surface area (Å²) in [6.45, 7) is 2.65. The second-order valence-electron chi connectivity index (χ2n) is 4.18. The molecule has 2 aromatic rings. The topological polar surface area (TPSA) is 79.7 Å². The smallest absolute Gasteiger partial charge is 0.101 e. The van der Waals surface area contributed by atoms with Gasteiger partial charge in [0.25, 0.3) is 0 Å². The van der Waals surface area contributed by atoms with E-state index in [-0.39, 0.29) is 0 Å². The molecule has 0 aliphatic rings. The lowest BCUT2D eigenvalue weighted by Crippen LogP contribution is -2.01. The number of nitrogens with zero attached hydrogens (tertiary/aromatic N) is 3. The van der Waals surface area contributed by atoms with Gasteiger partial charge >= 0.3 is 0 Å². The first kappa shape index (κ1) is 12.0. The number of nitrogen functional groups attached to an aromatic ring is 1. The van der Waals surface area contributed by atoms with E-state index in [2.05, 4.69) is 16.5 Å². The average Bonchev–Trinajstić information content (AvgIpc) is 2.67. The summed E-state index contributed by atoms with van der Waals surface area (Å²) in [6.07, 6.45) is 1.98. The molecule has 0 unspecified atom stereocenters. The number of benzene rings is 1. The van der Waals surface area contributed by atoms with Gasteiger partial charge in [0.2, 0.25) is 0 Å². The average molecular weight is 241 g/mol. The van der Waals surface area contributed by atoms with Gasteiger partial charge in [-0.15, -0.1) is 0 Å². The molecule has 92 valence electrons. The maximum atomic E-state index is 8.90. The first-order valence-corrected chi connectivity index (χ1v) is 5.63. The van der Waals surface area contributed by atoms with Crippen molar-refractivity contribution in [1.82, 2.24) is 9.78 Å². The third-order valence-corrected chi connectivity index (χ3v) is 2.77. The number of anilines is 2. The zero-order valence-electron chi connectivity index (χ0n) is 10.4. The molecule has 3 N–H and O–H groups in total. The van der Waals surface area contributed by atoms with Gasteiger partial charge in [-0.25, -0.2) is 0 Å². The summed E-state index contributed by atoms with van der Waals surface area (Å²) in [4.78, 5) is 0. The largest absolute Gasteiger partial charge is 0.398 e. The summed E-state index contributed by atoms with van der Waals surface area (Å²) in [7, 11) is 1.90. The van der Waals surface area contributed by atoms with Crippen LogP contribution in [0.3, 0.4) is 0 Å². The predicted octanol–water partition coefficient (Wildman–Crippen LogP) is 1.79. The van der Waals surface area contributed by atoms with Gasteiger partial charge < -0.3 is 11.1 Å². The maximum Gasteiger partial charge on any atom is 0.101 e. The van der Waals surface area contributed by atoms with Gasteiger partial charge in [0.05, 0.1) is 11.3 Å². The van der Waals surface area contributed by atoms with Crippen LogP contribution in [0.1, 0.15) is 16.8 Å². The van der Waals surface area contributed by atoms with Gasteiger partial charge in [0, 0.05) is 36.7 Å². The van der Waals surface area contributed by atoms with E-state index in [1.54, 1.807) is 16.8 Å². The zero-order chi connectivity index (χ0) is 13.1. The molecule has 1 aromatic heterocycles. The summed E-state index contributed by atoms with van der Waals surface area (Å²) in [5.41, 5.74) is 9.67. The summed E-state index contributed by atoms with van der Waals surface area (Å²) in [6, 6.07) is 7.41. The minimum Gasteiger partial charge on any atom is -0.398 e. The highest BCUT2D eigenvalue weighted by Gasteiger charge is 2.04. The molecule has 5 heteroatoms. The maximum absolute atomic E-state index is 8.90. The Bertz CT molecular complexity index is 606. The lowest BCUT2D eigenvalue weighted by Gasteiger charge is -2.07. The quantitative estimate of drug-likeness (QED) is 0.803. The normalized spacial score (nSPS) is 10.1. The first-order chi connectivity index (χ1) is 8.60. The SMILES string of the molecule is Cc1nn(C)cc1CNc1ccc(N)c(C#N)c1. The van der Waals surface area contributed by atoms with Crippen molar-refractivity contribution in [3.05, 3.63) is 41.2 Å². The molecule has 0 fully saturated rings. The lowest BCUT2D eigenvalue weighted by molar-refractivity contribution is 0.756. The van der Waals surface area contributed by atoms with Gasteiger partial charge in [-0.1, -0.05) is 0 Å². The van der Waals surface area contributed by atoms with Crippen molar-refractivity contribution in [2.45, 2.75) is 13.5 Å². The highest BCUT2D eigenvalue weighted by molar-refractivity contribution is 5.61. The fourth-order valence-electron chi connectivity index (χ4n) is 1.78. The fourth-order valence-corrected chi connectivity index (χ4v) is 1.78. The lowest BCUT2D eigenvalue weighted by atomic mass is 10.1. The molecule has 18 heavy (non-hydrogen) atoms. The zero-order valence-corrected chi connectivity index (χ0v) is 10.4. The molecule has 2 rings (SSSR count). The minimum atomic E-state index is 0.489. The van der Waals surface area contributed by atoms with Crippen LogP contribution in [0.4, 0.5) is 11.4 Å². The van der Waals surface area contributed by atoms with Crippen molar-refractivity contribution in [1.29, 1.82) is 5.26 Å². The molecule has 1 heterocycles. The third kappa shape index (κ3) is 2.43. The molecule has 0 saturated carbocycles. The van der Waals surface area contributed by atoms with Crippen LogP contribution in [0, 0.1) is 18.3 Å². The van der Waals surface area contributed by atoms with E-state index in [1.165, 1.54) is 0 Å². The van der Waals surface area contributed by atoms with Crippen molar-refractivity contribution < 1.29 is 0 Å². The van der Waals surface area contributed by atoms with E-state index in [1.807, 2.05) is 26.2 Å². The number of nitriles is 1. The van der Waals surface area contributed by atoms with Crippen LogP contribution in [-0.4, -0.2) is 9.78 Å². The summed E-state index contributed by atoms with van der Waals surface area (Å²) in [5, 5.41) is 16.4. The Labute approximate surface area is 106 Å². The minimum absolute atomic E-state index is 0.489. The van der Waals surface area contributed by atoms with Gasteiger partial charge in [0.1, 0.15) is 6.07 Å². The Hall–Kier alpha value is -2.48. The molecule has 0 atom stereocenters. The number of nitrogens with two attached hydrogens (primary N) is 1. The van der Waals surface area contributed by atoms with E-state index in [0.29, 0.717) is 17.8 Å². The predicted molar refractivity (Wildman–Crippen MR) is 70.8 cm³/mol. The second kappa shape index (κ2) is 4.80. The number of hydrogen-bond acceptors (Lipinski definition) is 4. The van der Waals surface area contributed by atoms with E-state index in [0.717, 1.165) is 16.9 Å². The molecular weight excluding hydrogens is 226 g/mol. The fraction of sp³-hybridized carbons (Fsp3) is 0.231. The summed E-state index contributed by atoms with van der Waals surface area (Å²) < 4.78 is 1.79. The monoisotopic (exact) mass is 241 g/mol. The van der Waals surface area contributed by atoms with Crippen LogP contribution in [0.25, 0.3) is 0 Å². The van der Waals surface area contributed by atoms with Gasteiger partial charge in [-0.05, 0) is 25.1 Å². The van der Waals surface area contributed by atoms with Gasteiger partial charge in [-0.3, -0.25) is 4.68 Å². The Kier molecular flexibility index (Phi) is 3.20. The van der Waals surface area contributed by atoms with Crippen LogP contribution >= 0.6 is 0 Å². The Balaban J connectivity index is 2.11. The van der Waals surface area contributed by atoms with Crippen molar-refractivity contribution in [2.75, 3.05) is 11.1 Å². The Morgan fingerprint density at radius 3 is 2.89 bits per heavy atom.